The van der Waals surface area contributed by atoms with E-state index in [-0.39, 0.29) is 0 Å². The largest absolute Gasteiger partial charge is 0.315 e. The first-order valence-corrected chi connectivity index (χ1v) is 7.26. The molecule has 0 fully saturated rings. The van der Waals surface area contributed by atoms with Crippen molar-refractivity contribution >= 4 is 11.3 Å². The maximum absolute atomic E-state index is 3.48. The molecule has 0 atom stereocenters. The second-order valence-corrected chi connectivity index (χ2v) is 6.63. The Kier molecular flexibility index (Phi) is 6.17. The Labute approximate surface area is 110 Å². The second kappa shape index (κ2) is 7.14. The standard InChI is InChI=1S/C14H26N2S/c1-11(2)9-15-6-7-16(5)10-14-8-12(3)13(4)17-14/h8,11,15H,6-7,9-10H2,1-5H3. The highest BCUT2D eigenvalue weighted by Gasteiger charge is 2.05. The van der Waals surface area contributed by atoms with Gasteiger partial charge in [-0.15, -0.1) is 11.3 Å². The molecule has 0 aliphatic rings. The van der Waals surface area contributed by atoms with Gasteiger partial charge in [-0.1, -0.05) is 13.8 Å². The number of hydrogen-bond acceptors (Lipinski definition) is 3. The van der Waals surface area contributed by atoms with Gasteiger partial charge in [0.1, 0.15) is 0 Å². The number of hydrogen-bond donors (Lipinski definition) is 1. The van der Waals surface area contributed by atoms with Crippen LogP contribution in [0, 0.1) is 19.8 Å². The molecule has 17 heavy (non-hydrogen) atoms. The van der Waals surface area contributed by atoms with Gasteiger partial charge in [0.15, 0.2) is 0 Å². The lowest BCUT2D eigenvalue weighted by atomic mass is 10.2. The Balaban J connectivity index is 2.22. The minimum atomic E-state index is 0.739. The van der Waals surface area contributed by atoms with Crippen LogP contribution in [0.25, 0.3) is 0 Å². The number of nitrogens with one attached hydrogen (secondary N) is 1. The van der Waals surface area contributed by atoms with E-state index in [0.29, 0.717) is 0 Å². The van der Waals surface area contributed by atoms with Crippen LogP contribution in [0.1, 0.15) is 29.2 Å². The molecule has 0 amide bonds. The summed E-state index contributed by atoms with van der Waals surface area (Å²) in [5.74, 6) is 0.739. The summed E-state index contributed by atoms with van der Waals surface area (Å²) < 4.78 is 0. The Hall–Kier alpha value is -0.380. The maximum Gasteiger partial charge on any atom is 0.0325 e. The highest BCUT2D eigenvalue weighted by molar-refractivity contribution is 7.12. The smallest absolute Gasteiger partial charge is 0.0325 e. The van der Waals surface area contributed by atoms with Crippen molar-refractivity contribution in [1.29, 1.82) is 0 Å². The minimum absolute atomic E-state index is 0.739. The first-order valence-electron chi connectivity index (χ1n) is 6.44. The summed E-state index contributed by atoms with van der Waals surface area (Å²) in [6.45, 7) is 13.3. The zero-order valence-electron chi connectivity index (χ0n) is 11.8. The molecular weight excluding hydrogens is 228 g/mol. The number of rotatable bonds is 7. The van der Waals surface area contributed by atoms with Gasteiger partial charge >= 0.3 is 0 Å². The van der Waals surface area contributed by atoms with E-state index < -0.39 is 0 Å². The Morgan fingerprint density at radius 1 is 1.35 bits per heavy atom. The zero-order chi connectivity index (χ0) is 12.8. The lowest BCUT2D eigenvalue weighted by molar-refractivity contribution is 0.324. The summed E-state index contributed by atoms with van der Waals surface area (Å²) in [6.07, 6.45) is 0. The van der Waals surface area contributed by atoms with Crippen LogP contribution in [-0.2, 0) is 6.54 Å². The second-order valence-electron chi connectivity index (χ2n) is 5.29. The molecule has 0 bridgehead atoms. The van der Waals surface area contributed by atoms with Gasteiger partial charge in [0.05, 0.1) is 0 Å². The van der Waals surface area contributed by atoms with E-state index in [2.05, 4.69) is 51.0 Å². The molecule has 0 aliphatic carbocycles. The lowest BCUT2D eigenvalue weighted by Gasteiger charge is -2.16. The van der Waals surface area contributed by atoms with Gasteiger partial charge in [0.25, 0.3) is 0 Å². The van der Waals surface area contributed by atoms with Crippen LogP contribution in [0.3, 0.4) is 0 Å². The molecule has 98 valence electrons. The van der Waals surface area contributed by atoms with Crippen LogP contribution in [-0.4, -0.2) is 31.6 Å². The molecule has 0 unspecified atom stereocenters. The van der Waals surface area contributed by atoms with Crippen molar-refractivity contribution in [3.63, 3.8) is 0 Å². The summed E-state index contributed by atoms with van der Waals surface area (Å²) in [5, 5.41) is 3.48. The Bertz CT molecular complexity index is 311. The van der Waals surface area contributed by atoms with E-state index in [4.69, 9.17) is 0 Å². The maximum atomic E-state index is 3.48. The minimum Gasteiger partial charge on any atom is -0.315 e. The predicted molar refractivity (Wildman–Crippen MR) is 77.8 cm³/mol. The first kappa shape index (κ1) is 14.7. The third-order valence-corrected chi connectivity index (χ3v) is 4.00. The third-order valence-electron chi connectivity index (χ3n) is 2.87. The van der Waals surface area contributed by atoms with Crippen molar-refractivity contribution in [2.24, 2.45) is 5.92 Å². The molecule has 1 aromatic heterocycles. The van der Waals surface area contributed by atoms with E-state index in [9.17, 15) is 0 Å². The number of thiophene rings is 1. The van der Waals surface area contributed by atoms with Crippen molar-refractivity contribution in [3.05, 3.63) is 21.4 Å². The summed E-state index contributed by atoms with van der Waals surface area (Å²) in [7, 11) is 2.20. The molecular formula is C14H26N2S. The van der Waals surface area contributed by atoms with Gasteiger partial charge in [0.2, 0.25) is 0 Å². The highest BCUT2D eigenvalue weighted by Crippen LogP contribution is 2.21. The summed E-state index contributed by atoms with van der Waals surface area (Å²) in [6, 6.07) is 2.32. The van der Waals surface area contributed by atoms with E-state index >= 15 is 0 Å². The van der Waals surface area contributed by atoms with E-state index in [0.717, 1.165) is 32.1 Å². The first-order chi connectivity index (χ1) is 7.99. The average molecular weight is 254 g/mol. The molecule has 3 heteroatoms. The topological polar surface area (TPSA) is 15.3 Å². The SMILES string of the molecule is Cc1cc(CN(C)CCNCC(C)C)sc1C. The van der Waals surface area contributed by atoms with Crippen LogP contribution < -0.4 is 5.32 Å². The summed E-state index contributed by atoms with van der Waals surface area (Å²) in [4.78, 5) is 5.32. The van der Waals surface area contributed by atoms with Gasteiger partial charge in [0, 0.05) is 29.4 Å². The zero-order valence-corrected chi connectivity index (χ0v) is 12.7. The monoisotopic (exact) mass is 254 g/mol. The third kappa shape index (κ3) is 5.66. The fraction of sp³-hybridized carbons (Fsp3) is 0.714. The molecule has 0 aliphatic heterocycles. The van der Waals surface area contributed by atoms with Crippen molar-refractivity contribution in [2.75, 3.05) is 26.7 Å². The van der Waals surface area contributed by atoms with Crippen molar-refractivity contribution in [2.45, 2.75) is 34.2 Å². The van der Waals surface area contributed by atoms with Crippen molar-refractivity contribution in [3.8, 4) is 0 Å². The quantitative estimate of drug-likeness (QED) is 0.752. The van der Waals surface area contributed by atoms with Crippen LogP contribution in [0.4, 0.5) is 0 Å². The molecule has 0 saturated carbocycles. The van der Waals surface area contributed by atoms with Gasteiger partial charge in [-0.05, 0) is 45.0 Å². The van der Waals surface area contributed by atoms with Crippen molar-refractivity contribution in [1.82, 2.24) is 10.2 Å². The van der Waals surface area contributed by atoms with Gasteiger partial charge in [-0.2, -0.15) is 0 Å². The van der Waals surface area contributed by atoms with E-state index in [1.807, 2.05) is 11.3 Å². The molecule has 1 aromatic rings. The summed E-state index contributed by atoms with van der Waals surface area (Å²) in [5.41, 5.74) is 1.43. The Morgan fingerprint density at radius 3 is 2.59 bits per heavy atom. The number of likely N-dealkylation sites (N-methyl/N-ethyl adjacent to an activating group) is 1. The molecule has 0 spiro atoms. The molecule has 2 nitrogen and oxygen atoms in total. The van der Waals surface area contributed by atoms with Gasteiger partial charge < -0.3 is 10.2 Å². The normalized spacial score (nSPS) is 11.7. The summed E-state index contributed by atoms with van der Waals surface area (Å²) >= 11 is 1.92. The molecule has 1 N–H and O–H groups in total. The molecule has 0 aromatic carbocycles. The Morgan fingerprint density at radius 2 is 2.06 bits per heavy atom. The van der Waals surface area contributed by atoms with Crippen LogP contribution in [0.5, 0.6) is 0 Å². The fourth-order valence-corrected chi connectivity index (χ4v) is 2.87. The van der Waals surface area contributed by atoms with Gasteiger partial charge in [-0.3, -0.25) is 0 Å². The van der Waals surface area contributed by atoms with Crippen LogP contribution in [0.15, 0.2) is 6.07 Å². The fourth-order valence-electron chi connectivity index (χ4n) is 1.73. The highest BCUT2D eigenvalue weighted by atomic mass is 32.1. The lowest BCUT2D eigenvalue weighted by Crippen LogP contribution is -2.30. The molecule has 1 rings (SSSR count). The van der Waals surface area contributed by atoms with Crippen LogP contribution >= 0.6 is 11.3 Å². The van der Waals surface area contributed by atoms with E-state index in [1.54, 1.807) is 0 Å². The number of aryl methyl sites for hydroxylation is 2. The average Bonchev–Trinajstić information content (AvgIpc) is 2.52. The molecule has 1 heterocycles. The predicted octanol–water partition coefficient (Wildman–Crippen LogP) is 3.04. The molecule has 0 saturated heterocycles. The number of nitrogens with zero attached hydrogens (tertiary/aromatic N) is 1. The molecule has 0 radical (unpaired) electrons. The van der Waals surface area contributed by atoms with E-state index in [1.165, 1.54) is 15.3 Å². The van der Waals surface area contributed by atoms with Gasteiger partial charge in [-0.25, -0.2) is 0 Å². The van der Waals surface area contributed by atoms with Crippen LogP contribution in [0.2, 0.25) is 0 Å². The van der Waals surface area contributed by atoms with Crippen molar-refractivity contribution < 1.29 is 0 Å².